The molecule has 1 saturated heterocycles. The summed E-state index contributed by atoms with van der Waals surface area (Å²) in [6, 6.07) is -0.185. The summed E-state index contributed by atoms with van der Waals surface area (Å²) in [6.45, 7) is 7.19. The van der Waals surface area contributed by atoms with Gasteiger partial charge in [-0.1, -0.05) is 13.8 Å². The maximum Gasteiger partial charge on any atom is 0.418 e. The van der Waals surface area contributed by atoms with Crippen molar-refractivity contribution >= 4 is 0 Å². The Hall–Kier alpha value is -0.290. The van der Waals surface area contributed by atoms with Crippen molar-refractivity contribution < 1.29 is 18.3 Å². The predicted octanol–water partition coefficient (Wildman–Crippen LogP) is 2.42. The second kappa shape index (κ2) is 4.18. The molecule has 1 rings (SSSR count). The Labute approximate surface area is 94.4 Å². The Kier molecular flexibility index (Phi) is 3.60. The van der Waals surface area contributed by atoms with E-state index in [4.69, 9.17) is 0 Å². The van der Waals surface area contributed by atoms with Crippen molar-refractivity contribution in [2.45, 2.75) is 58.0 Å². The Balaban J connectivity index is 2.92. The average molecular weight is 239 g/mol. The molecule has 0 aromatic heterocycles. The van der Waals surface area contributed by atoms with Gasteiger partial charge in [-0.15, -0.1) is 0 Å². The normalized spacial score (nSPS) is 33.0. The molecule has 0 radical (unpaired) electrons. The van der Waals surface area contributed by atoms with Crippen LogP contribution < -0.4 is 0 Å². The molecule has 0 saturated carbocycles. The summed E-state index contributed by atoms with van der Waals surface area (Å²) in [5.74, 6) is 0.110. The zero-order chi connectivity index (χ0) is 12.7. The van der Waals surface area contributed by atoms with Crippen LogP contribution in [0.3, 0.4) is 0 Å². The lowest BCUT2D eigenvalue weighted by atomic mass is 9.94. The van der Waals surface area contributed by atoms with Gasteiger partial charge in [0, 0.05) is 25.0 Å². The van der Waals surface area contributed by atoms with Crippen LogP contribution >= 0.6 is 0 Å². The molecule has 2 atom stereocenters. The number of β-amino-alcohol motifs (C(OH)–C–C–N with tert-alkyl or cyclic N) is 1. The topological polar surface area (TPSA) is 23.5 Å². The summed E-state index contributed by atoms with van der Waals surface area (Å²) in [4.78, 5) is 1.75. The van der Waals surface area contributed by atoms with E-state index in [2.05, 4.69) is 0 Å². The fourth-order valence-corrected chi connectivity index (χ4v) is 2.34. The third-order valence-electron chi connectivity index (χ3n) is 3.38. The van der Waals surface area contributed by atoms with Crippen LogP contribution in [0.5, 0.6) is 0 Å². The summed E-state index contributed by atoms with van der Waals surface area (Å²) >= 11 is 0. The Morgan fingerprint density at radius 1 is 1.25 bits per heavy atom. The number of alkyl halides is 3. The fraction of sp³-hybridized carbons (Fsp3) is 1.00. The minimum Gasteiger partial charge on any atom is -0.379 e. The van der Waals surface area contributed by atoms with Crippen LogP contribution in [0, 0.1) is 5.92 Å². The number of halogens is 3. The quantitative estimate of drug-likeness (QED) is 0.800. The van der Waals surface area contributed by atoms with Gasteiger partial charge in [-0.25, -0.2) is 0 Å². The van der Waals surface area contributed by atoms with E-state index in [1.807, 2.05) is 27.7 Å². The highest BCUT2D eigenvalue weighted by Crippen LogP contribution is 2.42. The van der Waals surface area contributed by atoms with Gasteiger partial charge in [0.2, 0.25) is 0 Å². The monoisotopic (exact) mass is 239 g/mol. The number of hydrogen-bond donors (Lipinski definition) is 1. The molecule has 16 heavy (non-hydrogen) atoms. The zero-order valence-corrected chi connectivity index (χ0v) is 10.2. The van der Waals surface area contributed by atoms with E-state index >= 15 is 0 Å². The molecule has 1 heterocycles. The summed E-state index contributed by atoms with van der Waals surface area (Å²) in [5.41, 5.74) is -2.54. The first-order valence-corrected chi connectivity index (χ1v) is 5.63. The fourth-order valence-electron chi connectivity index (χ4n) is 2.34. The number of aliphatic hydroxyl groups is 1. The standard InChI is InChI=1S/C11H20F3NO/c1-7(2)9-5-10(16,11(12,13)14)6-15(9)8(3)4/h7-9,16H,5-6H2,1-4H3/t9?,10-/m0/s1. The molecule has 0 amide bonds. The van der Waals surface area contributed by atoms with E-state index in [-0.39, 0.29) is 31.0 Å². The minimum atomic E-state index is -4.54. The number of hydrogen-bond acceptors (Lipinski definition) is 2. The summed E-state index contributed by atoms with van der Waals surface area (Å²) in [6.07, 6.45) is -4.75. The molecular formula is C11H20F3NO. The third-order valence-corrected chi connectivity index (χ3v) is 3.38. The lowest BCUT2D eigenvalue weighted by Gasteiger charge is -2.30. The van der Waals surface area contributed by atoms with Crippen LogP contribution in [0.25, 0.3) is 0 Å². The number of rotatable bonds is 2. The van der Waals surface area contributed by atoms with Gasteiger partial charge in [0.05, 0.1) is 0 Å². The highest BCUT2D eigenvalue weighted by Gasteiger charge is 2.60. The van der Waals surface area contributed by atoms with Gasteiger partial charge in [-0.3, -0.25) is 4.90 Å². The lowest BCUT2D eigenvalue weighted by Crippen LogP contribution is -2.48. The van der Waals surface area contributed by atoms with E-state index in [0.717, 1.165) is 0 Å². The van der Waals surface area contributed by atoms with E-state index < -0.39 is 11.8 Å². The van der Waals surface area contributed by atoms with Gasteiger partial charge >= 0.3 is 6.18 Å². The average Bonchev–Trinajstić information content (AvgIpc) is 2.43. The van der Waals surface area contributed by atoms with E-state index in [1.54, 1.807) is 4.90 Å². The smallest absolute Gasteiger partial charge is 0.379 e. The second-order valence-electron chi connectivity index (χ2n) is 5.31. The largest absolute Gasteiger partial charge is 0.418 e. The molecule has 1 aliphatic rings. The third kappa shape index (κ3) is 2.35. The molecule has 5 heteroatoms. The van der Waals surface area contributed by atoms with Crippen LogP contribution in [0.2, 0.25) is 0 Å². The Bertz CT molecular complexity index is 234. The molecule has 96 valence electrons. The van der Waals surface area contributed by atoms with Crippen molar-refractivity contribution in [1.29, 1.82) is 0 Å². The first kappa shape index (κ1) is 13.8. The van der Waals surface area contributed by atoms with Crippen LogP contribution in [0.1, 0.15) is 34.1 Å². The second-order valence-corrected chi connectivity index (χ2v) is 5.31. The molecular weight excluding hydrogens is 219 g/mol. The SMILES string of the molecule is CC(C)C1C[C@@](O)(C(F)(F)F)CN1C(C)C. The van der Waals surface area contributed by atoms with Crippen molar-refractivity contribution in [2.75, 3.05) is 6.54 Å². The molecule has 1 aliphatic heterocycles. The maximum atomic E-state index is 12.7. The molecule has 0 spiro atoms. The van der Waals surface area contributed by atoms with E-state index in [0.29, 0.717) is 0 Å². The lowest BCUT2D eigenvalue weighted by molar-refractivity contribution is -0.254. The molecule has 0 aliphatic carbocycles. The van der Waals surface area contributed by atoms with Crippen LogP contribution in [-0.2, 0) is 0 Å². The molecule has 1 fully saturated rings. The van der Waals surface area contributed by atoms with Crippen LogP contribution in [0.15, 0.2) is 0 Å². The summed E-state index contributed by atoms with van der Waals surface area (Å²) in [5, 5.41) is 9.70. The van der Waals surface area contributed by atoms with Gasteiger partial charge in [-0.05, 0) is 19.8 Å². The molecule has 1 N–H and O–H groups in total. The van der Waals surface area contributed by atoms with E-state index in [9.17, 15) is 18.3 Å². The molecule has 2 nitrogen and oxygen atoms in total. The van der Waals surface area contributed by atoms with E-state index in [1.165, 1.54) is 0 Å². The van der Waals surface area contributed by atoms with Crippen molar-refractivity contribution in [3.8, 4) is 0 Å². The van der Waals surface area contributed by atoms with Crippen molar-refractivity contribution in [3.05, 3.63) is 0 Å². The molecule has 1 unspecified atom stereocenters. The highest BCUT2D eigenvalue weighted by molar-refractivity contribution is 5.02. The van der Waals surface area contributed by atoms with Crippen LogP contribution in [-0.4, -0.2) is 40.4 Å². The number of nitrogens with zero attached hydrogens (tertiary/aromatic N) is 1. The molecule has 0 bridgehead atoms. The summed E-state index contributed by atoms with van der Waals surface area (Å²) < 4.78 is 38.2. The van der Waals surface area contributed by atoms with Gasteiger partial charge in [0.25, 0.3) is 0 Å². The van der Waals surface area contributed by atoms with Gasteiger partial charge < -0.3 is 5.11 Å². The van der Waals surface area contributed by atoms with Gasteiger partial charge in [0.15, 0.2) is 5.60 Å². The molecule has 0 aromatic rings. The predicted molar refractivity (Wildman–Crippen MR) is 56.1 cm³/mol. The minimum absolute atomic E-state index is 0.0174. The summed E-state index contributed by atoms with van der Waals surface area (Å²) in [7, 11) is 0. The Morgan fingerprint density at radius 3 is 2.00 bits per heavy atom. The first-order chi connectivity index (χ1) is 7.08. The van der Waals surface area contributed by atoms with Crippen molar-refractivity contribution in [2.24, 2.45) is 5.92 Å². The van der Waals surface area contributed by atoms with Crippen LogP contribution in [0.4, 0.5) is 13.2 Å². The van der Waals surface area contributed by atoms with Gasteiger partial charge in [0.1, 0.15) is 0 Å². The highest BCUT2D eigenvalue weighted by atomic mass is 19.4. The first-order valence-electron chi connectivity index (χ1n) is 5.63. The number of likely N-dealkylation sites (tertiary alicyclic amines) is 1. The van der Waals surface area contributed by atoms with Crippen molar-refractivity contribution in [3.63, 3.8) is 0 Å². The zero-order valence-electron chi connectivity index (χ0n) is 10.2. The van der Waals surface area contributed by atoms with Crippen molar-refractivity contribution in [1.82, 2.24) is 4.90 Å². The van der Waals surface area contributed by atoms with Gasteiger partial charge in [-0.2, -0.15) is 13.2 Å². The Morgan fingerprint density at radius 2 is 1.75 bits per heavy atom. The maximum absolute atomic E-state index is 12.7. The molecule has 0 aromatic carbocycles.